The van der Waals surface area contributed by atoms with Gasteiger partial charge in [-0.25, -0.2) is 0 Å². The molecule has 56 heavy (non-hydrogen) atoms. The molecule has 1 saturated heterocycles. The Morgan fingerprint density at radius 3 is 1.50 bits per heavy atom. The Balaban J connectivity index is 2.45. The topological polar surface area (TPSA) is 186 Å². The zero-order valence-electron chi connectivity index (χ0n) is 35.0. The van der Waals surface area contributed by atoms with E-state index in [1.165, 1.54) is 109 Å². The van der Waals surface area contributed by atoms with Gasteiger partial charge < -0.3 is 34.3 Å². The Labute approximate surface area is 339 Å². The SMILES string of the molecule is CCCCCC/C=C/CCCCCCCCCC(=O)OC[C@H](CO[C@H]1O[C@H](CS(=O)(=O)O)[C@@H](O)C(O)C1O)OC(=O)CCCCCCCCCCCCCCC. The van der Waals surface area contributed by atoms with Gasteiger partial charge in [0, 0.05) is 12.8 Å². The fourth-order valence-corrected chi connectivity index (χ4v) is 7.54. The summed E-state index contributed by atoms with van der Waals surface area (Å²) >= 11 is 0. The lowest BCUT2D eigenvalue weighted by molar-refractivity contribution is -0.297. The van der Waals surface area contributed by atoms with Crippen molar-refractivity contribution in [3.05, 3.63) is 12.2 Å². The zero-order valence-corrected chi connectivity index (χ0v) is 35.8. The number of carbonyl (C=O) groups is 2. The molecule has 0 amide bonds. The number of esters is 2. The van der Waals surface area contributed by atoms with E-state index >= 15 is 0 Å². The van der Waals surface area contributed by atoms with Crippen LogP contribution in [0, 0.1) is 0 Å². The number of aliphatic hydroxyl groups excluding tert-OH is 3. The summed E-state index contributed by atoms with van der Waals surface area (Å²) in [6.45, 7) is 3.74. The summed E-state index contributed by atoms with van der Waals surface area (Å²) in [6.07, 6.45) is 25.4. The Morgan fingerprint density at radius 2 is 1.02 bits per heavy atom. The fraction of sp³-hybridized carbons (Fsp3) is 0.907. The molecule has 1 aliphatic heterocycles. The number of hydrogen-bond donors (Lipinski definition) is 4. The maximum Gasteiger partial charge on any atom is 0.306 e. The van der Waals surface area contributed by atoms with Crippen LogP contribution in [0.5, 0.6) is 0 Å². The largest absolute Gasteiger partial charge is 0.462 e. The van der Waals surface area contributed by atoms with Crippen LogP contribution < -0.4 is 0 Å². The second-order valence-electron chi connectivity index (χ2n) is 15.7. The van der Waals surface area contributed by atoms with Crippen LogP contribution in [-0.4, -0.2) is 96.0 Å². The lowest BCUT2D eigenvalue weighted by Gasteiger charge is -2.40. The number of carbonyl (C=O) groups excluding carboxylic acids is 2. The molecule has 1 heterocycles. The van der Waals surface area contributed by atoms with Crippen molar-refractivity contribution in [2.75, 3.05) is 19.0 Å². The zero-order chi connectivity index (χ0) is 41.3. The molecular weight excluding hydrogens is 741 g/mol. The quantitative estimate of drug-likeness (QED) is 0.0203. The maximum atomic E-state index is 12.8. The molecule has 4 N–H and O–H groups in total. The second-order valence-corrected chi connectivity index (χ2v) is 17.2. The molecule has 2 unspecified atom stereocenters. The second kappa shape index (κ2) is 34.3. The minimum Gasteiger partial charge on any atom is -0.462 e. The van der Waals surface area contributed by atoms with Gasteiger partial charge >= 0.3 is 11.9 Å². The van der Waals surface area contributed by atoms with Crippen molar-refractivity contribution >= 4 is 22.1 Å². The van der Waals surface area contributed by atoms with Crippen molar-refractivity contribution in [2.24, 2.45) is 0 Å². The van der Waals surface area contributed by atoms with E-state index in [0.29, 0.717) is 12.8 Å². The van der Waals surface area contributed by atoms with E-state index in [9.17, 15) is 37.9 Å². The Hall–Kier alpha value is -1.61. The molecule has 0 spiro atoms. The highest BCUT2D eigenvalue weighted by molar-refractivity contribution is 7.85. The fourth-order valence-electron chi connectivity index (χ4n) is 6.85. The summed E-state index contributed by atoms with van der Waals surface area (Å²) in [4.78, 5) is 25.4. The van der Waals surface area contributed by atoms with Crippen molar-refractivity contribution in [1.29, 1.82) is 0 Å². The maximum absolute atomic E-state index is 12.8. The monoisotopic (exact) mass is 821 g/mol. The van der Waals surface area contributed by atoms with Gasteiger partial charge in [-0.1, -0.05) is 154 Å². The molecule has 6 atom stereocenters. The normalized spacial score (nSPS) is 20.7. The van der Waals surface area contributed by atoms with Crippen molar-refractivity contribution in [3.8, 4) is 0 Å². The number of rotatable bonds is 37. The molecule has 0 radical (unpaired) electrons. The minimum atomic E-state index is -4.60. The van der Waals surface area contributed by atoms with E-state index in [2.05, 4.69) is 26.0 Å². The van der Waals surface area contributed by atoms with E-state index in [1.807, 2.05) is 0 Å². The molecular formula is C43H80O12S. The van der Waals surface area contributed by atoms with Crippen LogP contribution in [0.2, 0.25) is 0 Å². The van der Waals surface area contributed by atoms with Gasteiger partial charge in [0.15, 0.2) is 12.4 Å². The summed E-state index contributed by atoms with van der Waals surface area (Å²) in [7, 11) is -4.60. The van der Waals surface area contributed by atoms with E-state index in [0.717, 1.165) is 44.9 Å². The minimum absolute atomic E-state index is 0.169. The molecule has 0 aromatic carbocycles. The average Bonchev–Trinajstić information content (AvgIpc) is 3.16. The lowest BCUT2D eigenvalue weighted by Crippen LogP contribution is -2.60. The van der Waals surface area contributed by atoms with Crippen LogP contribution in [0.1, 0.15) is 194 Å². The first-order valence-electron chi connectivity index (χ1n) is 22.2. The third-order valence-corrected chi connectivity index (χ3v) is 11.1. The van der Waals surface area contributed by atoms with E-state index in [-0.39, 0.29) is 19.4 Å². The highest BCUT2D eigenvalue weighted by Crippen LogP contribution is 2.24. The Morgan fingerprint density at radius 1 is 0.589 bits per heavy atom. The summed E-state index contributed by atoms with van der Waals surface area (Å²) in [6, 6.07) is 0. The molecule has 0 bridgehead atoms. The third-order valence-electron chi connectivity index (χ3n) is 10.3. The molecule has 1 aliphatic rings. The molecule has 12 nitrogen and oxygen atoms in total. The van der Waals surface area contributed by atoms with Gasteiger partial charge in [0.2, 0.25) is 0 Å². The molecule has 330 valence electrons. The first kappa shape index (κ1) is 52.4. The average molecular weight is 821 g/mol. The van der Waals surface area contributed by atoms with Crippen molar-refractivity contribution < 1.29 is 56.8 Å². The van der Waals surface area contributed by atoms with E-state index < -0.39 is 71.2 Å². The standard InChI is InChI=1S/C43H80O12S/c1-3-5-7-9-11-13-15-17-18-20-21-23-25-27-29-31-38(44)52-33-36(34-53-43-42(48)41(47)40(46)37(55-43)35-56(49,50)51)54-39(45)32-30-28-26-24-22-19-16-14-12-10-8-6-4-2/h13,15,36-37,40-43,46-48H,3-12,14,16-35H2,1-2H3,(H,49,50,51)/b15-13+/t36-,37-,40-,41?,42?,43+/m1/s1. The van der Waals surface area contributed by atoms with Crippen LogP contribution in [0.3, 0.4) is 0 Å². The van der Waals surface area contributed by atoms with Gasteiger partial charge in [-0.15, -0.1) is 0 Å². The van der Waals surface area contributed by atoms with Crippen molar-refractivity contribution in [3.63, 3.8) is 0 Å². The highest BCUT2D eigenvalue weighted by Gasteiger charge is 2.46. The number of aliphatic hydroxyl groups is 3. The summed E-state index contributed by atoms with van der Waals surface area (Å²) in [5.74, 6) is -1.98. The molecule has 0 aromatic rings. The van der Waals surface area contributed by atoms with E-state index in [1.54, 1.807) is 0 Å². The van der Waals surface area contributed by atoms with Crippen molar-refractivity contribution in [2.45, 2.75) is 230 Å². The predicted octanol–water partition coefficient (Wildman–Crippen LogP) is 8.67. The lowest BCUT2D eigenvalue weighted by atomic mass is 10.00. The molecule has 1 rings (SSSR count). The van der Waals surface area contributed by atoms with Gasteiger partial charge in [0.05, 0.1) is 6.61 Å². The molecule has 0 aromatic heterocycles. The first-order valence-corrected chi connectivity index (χ1v) is 23.9. The van der Waals surface area contributed by atoms with Crippen molar-refractivity contribution in [1.82, 2.24) is 0 Å². The van der Waals surface area contributed by atoms with Gasteiger partial charge in [-0.05, 0) is 38.5 Å². The van der Waals surface area contributed by atoms with Gasteiger partial charge in [-0.2, -0.15) is 8.42 Å². The third kappa shape index (κ3) is 28.7. The number of unbranched alkanes of at least 4 members (excludes halogenated alkanes) is 23. The summed E-state index contributed by atoms with van der Waals surface area (Å²) in [5.41, 5.74) is 0. The van der Waals surface area contributed by atoms with Gasteiger partial charge in [0.25, 0.3) is 10.1 Å². The summed E-state index contributed by atoms with van der Waals surface area (Å²) in [5, 5.41) is 30.8. The molecule has 13 heteroatoms. The molecule has 0 saturated carbocycles. The van der Waals surface area contributed by atoms with Crippen LogP contribution >= 0.6 is 0 Å². The first-order chi connectivity index (χ1) is 27.0. The summed E-state index contributed by atoms with van der Waals surface area (Å²) < 4.78 is 54.0. The number of ether oxygens (including phenoxy) is 4. The van der Waals surface area contributed by atoms with Gasteiger partial charge in [-0.3, -0.25) is 14.1 Å². The molecule has 1 fully saturated rings. The van der Waals surface area contributed by atoms with Gasteiger partial charge in [0.1, 0.15) is 36.8 Å². The smallest absolute Gasteiger partial charge is 0.306 e. The van der Waals surface area contributed by atoms with Crippen LogP contribution in [-0.2, 0) is 38.7 Å². The highest BCUT2D eigenvalue weighted by atomic mass is 32.2. The van der Waals surface area contributed by atoms with Crippen LogP contribution in [0.4, 0.5) is 0 Å². The predicted molar refractivity (Wildman–Crippen MR) is 220 cm³/mol. The Kier molecular flexibility index (Phi) is 32.1. The van der Waals surface area contributed by atoms with Crippen LogP contribution in [0.15, 0.2) is 12.2 Å². The Bertz CT molecular complexity index is 1100. The number of allylic oxidation sites excluding steroid dienone is 2. The van der Waals surface area contributed by atoms with Crippen LogP contribution in [0.25, 0.3) is 0 Å². The number of hydrogen-bond acceptors (Lipinski definition) is 11. The molecule has 0 aliphatic carbocycles. The van der Waals surface area contributed by atoms with E-state index in [4.69, 9.17) is 18.9 Å².